The molecular weight excluding hydrogens is 582 g/mol. The zero-order valence-corrected chi connectivity index (χ0v) is 24.5. The molecule has 1 saturated heterocycles. The molecule has 10 nitrogen and oxygen atoms in total. The molecule has 2 aromatic carbocycles. The van der Waals surface area contributed by atoms with Crippen LogP contribution in [0, 0.1) is 5.92 Å². The number of esters is 1. The van der Waals surface area contributed by atoms with Crippen molar-refractivity contribution in [2.45, 2.75) is 45.8 Å². The van der Waals surface area contributed by atoms with Crippen LogP contribution in [0.25, 0.3) is 0 Å². The van der Waals surface area contributed by atoms with Crippen LogP contribution in [0.4, 0.5) is 4.79 Å². The lowest BCUT2D eigenvalue weighted by molar-refractivity contribution is -0.136. The van der Waals surface area contributed by atoms with E-state index in [4.69, 9.17) is 9.47 Å². The molecule has 1 aliphatic heterocycles. The van der Waals surface area contributed by atoms with Gasteiger partial charge < -0.3 is 30.1 Å². The maximum absolute atomic E-state index is 13.1. The molecule has 0 aromatic heterocycles. The highest BCUT2D eigenvalue weighted by Gasteiger charge is 2.28. The van der Waals surface area contributed by atoms with Gasteiger partial charge in [0.1, 0.15) is 17.0 Å². The predicted octanol–water partition coefficient (Wildman–Crippen LogP) is 4.52. The minimum atomic E-state index is -0.721. The van der Waals surface area contributed by atoms with Crippen molar-refractivity contribution in [2.24, 2.45) is 5.92 Å². The molecule has 2 aromatic rings. The highest BCUT2D eigenvalue weighted by Crippen LogP contribution is 2.23. The number of hydrogen-bond acceptors (Lipinski definition) is 7. The van der Waals surface area contributed by atoms with E-state index in [9.17, 15) is 24.3 Å². The van der Waals surface area contributed by atoms with Gasteiger partial charge in [0.05, 0.1) is 12.7 Å². The number of nitrogens with one attached hydrogen (secondary N) is 2. The molecule has 3 rings (SSSR count). The summed E-state index contributed by atoms with van der Waals surface area (Å²) < 4.78 is 10.7. The van der Waals surface area contributed by atoms with Crippen molar-refractivity contribution in [1.82, 2.24) is 15.5 Å². The van der Waals surface area contributed by atoms with Crippen LogP contribution in [0.1, 0.15) is 59.9 Å². The number of nitrogens with zero attached hydrogens (tertiary/aromatic N) is 1. The van der Waals surface area contributed by atoms with Crippen LogP contribution in [0.3, 0.4) is 0 Å². The van der Waals surface area contributed by atoms with Crippen molar-refractivity contribution in [2.75, 3.05) is 20.2 Å². The van der Waals surface area contributed by atoms with Crippen LogP contribution in [-0.4, -0.2) is 59.7 Å². The van der Waals surface area contributed by atoms with Gasteiger partial charge in [-0.3, -0.25) is 9.59 Å². The Hall–Kier alpha value is -3.86. The van der Waals surface area contributed by atoms with Gasteiger partial charge in [0.25, 0.3) is 11.8 Å². The molecule has 0 aliphatic carbocycles. The highest BCUT2D eigenvalue weighted by molar-refractivity contribution is 9.10. The zero-order valence-electron chi connectivity index (χ0n) is 23.0. The third-order valence-corrected chi connectivity index (χ3v) is 6.66. The third kappa shape index (κ3) is 8.84. The minimum absolute atomic E-state index is 0.0385. The second-order valence-corrected chi connectivity index (χ2v) is 11.3. The number of likely N-dealkylation sites (tertiary alicyclic amines) is 1. The van der Waals surface area contributed by atoms with Gasteiger partial charge >= 0.3 is 12.1 Å². The number of carbonyl (C=O) groups is 4. The monoisotopic (exact) mass is 615 g/mol. The van der Waals surface area contributed by atoms with Crippen LogP contribution in [-0.2, 0) is 20.8 Å². The molecule has 11 heteroatoms. The van der Waals surface area contributed by atoms with Crippen LogP contribution >= 0.6 is 15.9 Å². The zero-order chi connectivity index (χ0) is 29.4. The number of phenols is 1. The Bertz CT molecular complexity index is 1300. The average Bonchev–Trinajstić information content (AvgIpc) is 2.90. The fraction of sp³-hybridized carbons (Fsp3) is 0.379. The van der Waals surface area contributed by atoms with Gasteiger partial charge in [-0.1, -0.05) is 12.1 Å². The molecule has 3 N–H and O–H groups in total. The van der Waals surface area contributed by atoms with Crippen LogP contribution < -0.4 is 10.6 Å². The summed E-state index contributed by atoms with van der Waals surface area (Å²) in [4.78, 5) is 52.3. The van der Waals surface area contributed by atoms with E-state index in [0.29, 0.717) is 36.0 Å². The van der Waals surface area contributed by atoms with Gasteiger partial charge in [-0.15, -0.1) is 0 Å². The molecular formula is C29H34BrN3O7. The first-order valence-corrected chi connectivity index (χ1v) is 13.6. The molecule has 1 fully saturated rings. The summed E-state index contributed by atoms with van der Waals surface area (Å²) in [5.74, 6) is -1.75. The van der Waals surface area contributed by atoms with E-state index in [2.05, 4.69) is 26.6 Å². The molecule has 40 heavy (non-hydrogen) atoms. The minimum Gasteiger partial charge on any atom is -0.508 e. The maximum atomic E-state index is 13.1. The SMILES string of the molecule is COC(=O)/C(=C\C1CCCN(C(=O)OC(C)(C)C)C1)NC(=O)c1ccc(C(=O)NCc2cccc(O)c2)cc1Br. The smallest absolute Gasteiger partial charge is 0.410 e. The highest BCUT2D eigenvalue weighted by atomic mass is 79.9. The summed E-state index contributed by atoms with van der Waals surface area (Å²) in [5, 5.41) is 15.0. The number of amides is 3. The topological polar surface area (TPSA) is 134 Å². The summed E-state index contributed by atoms with van der Waals surface area (Å²) >= 11 is 3.34. The Morgan fingerprint density at radius 2 is 1.88 bits per heavy atom. The lowest BCUT2D eigenvalue weighted by atomic mass is 9.97. The van der Waals surface area contributed by atoms with E-state index in [0.717, 1.165) is 5.56 Å². The number of piperidine rings is 1. The fourth-order valence-electron chi connectivity index (χ4n) is 4.13. The van der Waals surface area contributed by atoms with Gasteiger partial charge in [0.2, 0.25) is 0 Å². The van der Waals surface area contributed by atoms with Crippen molar-refractivity contribution in [3.63, 3.8) is 0 Å². The first-order chi connectivity index (χ1) is 18.9. The first kappa shape index (κ1) is 30.7. The average molecular weight is 617 g/mol. The summed E-state index contributed by atoms with van der Waals surface area (Å²) in [6.07, 6.45) is 2.61. The Balaban J connectivity index is 1.69. The molecule has 214 valence electrons. The molecule has 1 heterocycles. The fourth-order valence-corrected chi connectivity index (χ4v) is 4.68. The third-order valence-electron chi connectivity index (χ3n) is 6.00. The van der Waals surface area contributed by atoms with E-state index in [-0.39, 0.29) is 35.4 Å². The number of carbonyl (C=O) groups excluding carboxylic acids is 4. The Morgan fingerprint density at radius 1 is 1.12 bits per heavy atom. The van der Waals surface area contributed by atoms with Crippen molar-refractivity contribution in [3.05, 3.63) is 75.4 Å². The van der Waals surface area contributed by atoms with Crippen molar-refractivity contribution >= 4 is 39.8 Å². The standard InChI is InChI=1S/C29H34BrN3O7/c1-29(2,3)40-28(38)33-12-6-8-19(17-33)14-24(27(37)39-4)32-26(36)22-11-10-20(15-23(22)30)25(35)31-16-18-7-5-9-21(34)13-18/h5,7,9-11,13-15,19,34H,6,8,12,16-17H2,1-4H3,(H,31,35)(H,32,36)/b24-14+. The van der Waals surface area contributed by atoms with Gasteiger partial charge in [-0.25, -0.2) is 9.59 Å². The lowest BCUT2D eigenvalue weighted by Crippen LogP contribution is -2.43. The lowest BCUT2D eigenvalue weighted by Gasteiger charge is -2.33. The summed E-state index contributed by atoms with van der Waals surface area (Å²) in [6, 6.07) is 11.0. The quantitative estimate of drug-likeness (QED) is 0.308. The number of hydrogen-bond donors (Lipinski definition) is 3. The van der Waals surface area contributed by atoms with Gasteiger partial charge in [-0.05, 0) is 97.4 Å². The number of methoxy groups -OCH3 is 1. The van der Waals surface area contributed by atoms with Gasteiger partial charge in [0, 0.05) is 29.7 Å². The van der Waals surface area contributed by atoms with Gasteiger partial charge in [-0.2, -0.15) is 0 Å². The number of benzene rings is 2. The molecule has 0 spiro atoms. The molecule has 1 atom stereocenters. The molecule has 1 aliphatic rings. The first-order valence-electron chi connectivity index (χ1n) is 12.8. The largest absolute Gasteiger partial charge is 0.508 e. The normalized spacial score (nSPS) is 15.7. The van der Waals surface area contributed by atoms with Crippen LogP contribution in [0.5, 0.6) is 5.75 Å². The number of halogens is 1. The van der Waals surface area contributed by atoms with Gasteiger partial charge in [0.15, 0.2) is 0 Å². The number of rotatable bonds is 7. The molecule has 0 bridgehead atoms. The summed E-state index contributed by atoms with van der Waals surface area (Å²) in [7, 11) is 1.22. The van der Waals surface area contributed by atoms with Crippen LogP contribution in [0.2, 0.25) is 0 Å². The van der Waals surface area contributed by atoms with Crippen molar-refractivity contribution < 1.29 is 33.8 Å². The van der Waals surface area contributed by atoms with E-state index >= 15 is 0 Å². The number of phenolic OH excluding ortho intramolecular Hbond substituents is 1. The summed E-state index contributed by atoms with van der Waals surface area (Å²) in [6.45, 7) is 6.48. The Labute approximate surface area is 241 Å². The Morgan fingerprint density at radius 3 is 2.52 bits per heavy atom. The second kappa shape index (κ2) is 13.5. The maximum Gasteiger partial charge on any atom is 0.410 e. The number of aromatic hydroxyl groups is 1. The Kier molecular flexibility index (Phi) is 10.3. The van der Waals surface area contributed by atoms with E-state index in [1.807, 2.05) is 0 Å². The molecule has 0 radical (unpaired) electrons. The van der Waals surface area contributed by atoms with E-state index in [1.165, 1.54) is 25.3 Å². The molecule has 1 unspecified atom stereocenters. The van der Waals surface area contributed by atoms with Crippen LogP contribution in [0.15, 0.2) is 58.7 Å². The van der Waals surface area contributed by atoms with E-state index < -0.39 is 23.6 Å². The van der Waals surface area contributed by atoms with Crippen molar-refractivity contribution in [1.29, 1.82) is 0 Å². The van der Waals surface area contributed by atoms with Crippen molar-refractivity contribution in [3.8, 4) is 5.75 Å². The second-order valence-electron chi connectivity index (χ2n) is 10.4. The van der Waals surface area contributed by atoms with E-state index in [1.54, 1.807) is 56.0 Å². The predicted molar refractivity (Wildman–Crippen MR) is 152 cm³/mol. The number of ether oxygens (including phenoxy) is 2. The summed E-state index contributed by atoms with van der Waals surface area (Å²) in [5.41, 5.74) is 0.594. The molecule has 3 amide bonds. The molecule has 0 saturated carbocycles.